The Morgan fingerprint density at radius 1 is 1.40 bits per heavy atom. The molecule has 0 saturated carbocycles. The van der Waals surface area contributed by atoms with Crippen molar-refractivity contribution < 1.29 is 0 Å². The molecule has 1 atom stereocenters. The summed E-state index contributed by atoms with van der Waals surface area (Å²) in [6.45, 7) is 6.48. The Bertz CT molecular complexity index is 534. The van der Waals surface area contributed by atoms with E-state index in [4.69, 9.17) is 5.73 Å². The van der Waals surface area contributed by atoms with Crippen LogP contribution in [0.25, 0.3) is 0 Å². The van der Waals surface area contributed by atoms with E-state index in [-0.39, 0.29) is 6.04 Å². The van der Waals surface area contributed by atoms with Crippen LogP contribution in [0.3, 0.4) is 0 Å². The number of aromatic nitrogens is 3. The number of hydrogen-bond donors (Lipinski definition) is 1. The van der Waals surface area contributed by atoms with Crippen LogP contribution in [0.15, 0.2) is 30.6 Å². The van der Waals surface area contributed by atoms with Gasteiger partial charge in [-0.25, -0.2) is 0 Å². The standard InChI is InChI=1S/C15H23N5/c1-4-20(10-13-7-5-6-8-17-13)15(9-16)14-11-19(3)18-12(14)2/h5-8,11,15H,4,9-10,16H2,1-3H3. The molecule has 0 saturated heterocycles. The molecule has 0 aliphatic carbocycles. The van der Waals surface area contributed by atoms with Gasteiger partial charge in [-0.15, -0.1) is 0 Å². The van der Waals surface area contributed by atoms with E-state index in [1.807, 2.05) is 43.0 Å². The lowest BCUT2D eigenvalue weighted by molar-refractivity contribution is 0.200. The largest absolute Gasteiger partial charge is 0.329 e. The predicted molar refractivity (Wildman–Crippen MR) is 80.1 cm³/mol. The van der Waals surface area contributed by atoms with Crippen molar-refractivity contribution in [2.24, 2.45) is 12.8 Å². The molecule has 2 aromatic rings. The number of likely N-dealkylation sites (N-methyl/N-ethyl adjacent to an activating group) is 1. The Morgan fingerprint density at radius 2 is 2.20 bits per heavy atom. The smallest absolute Gasteiger partial charge is 0.0641 e. The highest BCUT2D eigenvalue weighted by Crippen LogP contribution is 2.23. The van der Waals surface area contributed by atoms with Crippen LogP contribution >= 0.6 is 0 Å². The number of hydrogen-bond acceptors (Lipinski definition) is 4. The van der Waals surface area contributed by atoms with E-state index < -0.39 is 0 Å². The van der Waals surface area contributed by atoms with E-state index in [0.717, 1.165) is 24.5 Å². The van der Waals surface area contributed by atoms with E-state index in [0.29, 0.717) is 6.54 Å². The van der Waals surface area contributed by atoms with Crippen LogP contribution in [-0.4, -0.2) is 32.8 Å². The van der Waals surface area contributed by atoms with Crippen molar-refractivity contribution >= 4 is 0 Å². The molecule has 0 fully saturated rings. The van der Waals surface area contributed by atoms with E-state index >= 15 is 0 Å². The van der Waals surface area contributed by atoms with Gasteiger partial charge < -0.3 is 5.73 Å². The second-order valence-electron chi connectivity index (χ2n) is 4.98. The maximum atomic E-state index is 6.01. The van der Waals surface area contributed by atoms with E-state index in [1.165, 1.54) is 5.56 Å². The number of nitrogens with zero attached hydrogens (tertiary/aromatic N) is 4. The Balaban J connectivity index is 2.22. The van der Waals surface area contributed by atoms with Gasteiger partial charge in [0.05, 0.1) is 17.4 Å². The number of rotatable bonds is 6. The maximum absolute atomic E-state index is 6.01. The summed E-state index contributed by atoms with van der Waals surface area (Å²) in [5, 5.41) is 4.42. The minimum Gasteiger partial charge on any atom is -0.329 e. The summed E-state index contributed by atoms with van der Waals surface area (Å²) in [4.78, 5) is 6.74. The molecule has 5 heteroatoms. The molecular formula is C15H23N5. The first-order valence-corrected chi connectivity index (χ1v) is 6.99. The molecule has 1 unspecified atom stereocenters. The zero-order chi connectivity index (χ0) is 14.5. The van der Waals surface area contributed by atoms with Gasteiger partial charge in [-0.3, -0.25) is 14.6 Å². The number of aryl methyl sites for hydroxylation is 2. The second-order valence-corrected chi connectivity index (χ2v) is 4.98. The molecule has 0 aliphatic rings. The minimum absolute atomic E-state index is 0.177. The first-order chi connectivity index (χ1) is 9.65. The minimum atomic E-state index is 0.177. The molecule has 108 valence electrons. The van der Waals surface area contributed by atoms with Gasteiger partial charge in [-0.1, -0.05) is 13.0 Å². The zero-order valence-corrected chi connectivity index (χ0v) is 12.5. The lowest BCUT2D eigenvalue weighted by atomic mass is 10.1. The topological polar surface area (TPSA) is 60.0 Å². The zero-order valence-electron chi connectivity index (χ0n) is 12.5. The Labute approximate surface area is 120 Å². The average Bonchev–Trinajstić information content (AvgIpc) is 2.78. The normalized spacial score (nSPS) is 12.8. The van der Waals surface area contributed by atoms with Gasteiger partial charge in [0.2, 0.25) is 0 Å². The number of pyridine rings is 1. The monoisotopic (exact) mass is 273 g/mol. The average molecular weight is 273 g/mol. The highest BCUT2D eigenvalue weighted by atomic mass is 15.3. The summed E-state index contributed by atoms with van der Waals surface area (Å²) in [7, 11) is 1.94. The molecule has 0 amide bonds. The molecule has 0 radical (unpaired) electrons. The molecule has 2 N–H and O–H groups in total. The fourth-order valence-corrected chi connectivity index (χ4v) is 2.56. The second kappa shape index (κ2) is 6.63. The third-order valence-corrected chi connectivity index (χ3v) is 3.57. The van der Waals surface area contributed by atoms with Gasteiger partial charge >= 0.3 is 0 Å². The van der Waals surface area contributed by atoms with Crippen LogP contribution in [0.1, 0.15) is 29.9 Å². The van der Waals surface area contributed by atoms with Crippen LogP contribution < -0.4 is 5.73 Å². The first-order valence-electron chi connectivity index (χ1n) is 6.99. The third kappa shape index (κ3) is 3.23. The molecule has 2 aromatic heterocycles. The van der Waals surface area contributed by atoms with Crippen molar-refractivity contribution in [2.45, 2.75) is 26.4 Å². The van der Waals surface area contributed by atoms with Crippen molar-refractivity contribution in [3.63, 3.8) is 0 Å². The summed E-state index contributed by atoms with van der Waals surface area (Å²) < 4.78 is 1.85. The van der Waals surface area contributed by atoms with Gasteiger partial charge in [-0.2, -0.15) is 5.10 Å². The van der Waals surface area contributed by atoms with Crippen molar-refractivity contribution in [2.75, 3.05) is 13.1 Å². The predicted octanol–water partition coefficient (Wildman–Crippen LogP) is 1.65. The summed E-state index contributed by atoms with van der Waals surface area (Å²) in [6.07, 6.45) is 3.89. The van der Waals surface area contributed by atoms with Crippen molar-refractivity contribution in [3.05, 3.63) is 47.5 Å². The molecule has 0 spiro atoms. The van der Waals surface area contributed by atoms with Crippen LogP contribution in [0.2, 0.25) is 0 Å². The van der Waals surface area contributed by atoms with Gasteiger partial charge in [-0.05, 0) is 25.6 Å². The summed E-state index contributed by atoms with van der Waals surface area (Å²) in [5.74, 6) is 0. The van der Waals surface area contributed by atoms with Crippen LogP contribution in [0.5, 0.6) is 0 Å². The molecule has 0 aliphatic heterocycles. The van der Waals surface area contributed by atoms with Crippen molar-refractivity contribution in [3.8, 4) is 0 Å². The van der Waals surface area contributed by atoms with Crippen LogP contribution in [0, 0.1) is 6.92 Å². The Morgan fingerprint density at radius 3 is 2.70 bits per heavy atom. The summed E-state index contributed by atoms with van der Waals surface area (Å²) >= 11 is 0. The number of nitrogens with two attached hydrogens (primary N) is 1. The van der Waals surface area contributed by atoms with Crippen molar-refractivity contribution in [1.29, 1.82) is 0 Å². The van der Waals surface area contributed by atoms with Gasteiger partial charge in [0, 0.05) is 38.1 Å². The highest BCUT2D eigenvalue weighted by molar-refractivity contribution is 5.21. The Hall–Kier alpha value is -1.72. The van der Waals surface area contributed by atoms with Crippen molar-refractivity contribution in [1.82, 2.24) is 19.7 Å². The quantitative estimate of drug-likeness (QED) is 0.869. The first kappa shape index (κ1) is 14.7. The van der Waals surface area contributed by atoms with E-state index in [1.54, 1.807) is 0 Å². The molecule has 2 rings (SSSR count). The SMILES string of the molecule is CCN(Cc1ccccn1)C(CN)c1cn(C)nc1C. The fourth-order valence-electron chi connectivity index (χ4n) is 2.56. The lowest BCUT2D eigenvalue weighted by Crippen LogP contribution is -2.33. The van der Waals surface area contributed by atoms with E-state index in [9.17, 15) is 0 Å². The molecule has 5 nitrogen and oxygen atoms in total. The summed E-state index contributed by atoms with van der Waals surface area (Å²) in [5.41, 5.74) is 9.32. The van der Waals surface area contributed by atoms with Crippen LogP contribution in [-0.2, 0) is 13.6 Å². The highest BCUT2D eigenvalue weighted by Gasteiger charge is 2.21. The molecule has 2 heterocycles. The molecule has 20 heavy (non-hydrogen) atoms. The summed E-state index contributed by atoms with van der Waals surface area (Å²) in [6, 6.07) is 6.18. The fraction of sp³-hybridized carbons (Fsp3) is 0.467. The Kier molecular flexibility index (Phi) is 4.87. The molecule has 0 bridgehead atoms. The van der Waals surface area contributed by atoms with Crippen LogP contribution in [0.4, 0.5) is 0 Å². The third-order valence-electron chi connectivity index (χ3n) is 3.57. The van der Waals surface area contributed by atoms with Gasteiger partial charge in [0.1, 0.15) is 0 Å². The molecule has 0 aromatic carbocycles. The molecular weight excluding hydrogens is 250 g/mol. The van der Waals surface area contributed by atoms with E-state index in [2.05, 4.69) is 28.1 Å². The lowest BCUT2D eigenvalue weighted by Gasteiger charge is -2.29. The van der Waals surface area contributed by atoms with Gasteiger partial charge in [0.15, 0.2) is 0 Å². The van der Waals surface area contributed by atoms with Gasteiger partial charge in [0.25, 0.3) is 0 Å². The maximum Gasteiger partial charge on any atom is 0.0641 e.